The Balaban J connectivity index is 0.00000242. The Kier molecular flexibility index (Phi) is 7.64. The van der Waals surface area contributed by atoms with Crippen molar-refractivity contribution in [2.24, 2.45) is 12.0 Å². The molecule has 120 valence electrons. The molecule has 7 nitrogen and oxygen atoms in total. The number of para-hydroxylation sites is 1. The van der Waals surface area contributed by atoms with E-state index in [9.17, 15) is 0 Å². The molecule has 2 rings (SSSR count). The van der Waals surface area contributed by atoms with E-state index in [4.69, 9.17) is 4.74 Å². The van der Waals surface area contributed by atoms with E-state index in [1.165, 1.54) is 0 Å². The topological polar surface area (TPSA) is 76.4 Å². The summed E-state index contributed by atoms with van der Waals surface area (Å²) in [4.78, 5) is 4.18. The molecule has 0 aliphatic carbocycles. The highest BCUT2D eigenvalue weighted by Crippen LogP contribution is 2.16. The van der Waals surface area contributed by atoms with E-state index in [0.717, 1.165) is 17.1 Å². The maximum absolute atomic E-state index is 5.32. The molecule has 0 saturated carbocycles. The van der Waals surface area contributed by atoms with Crippen LogP contribution in [0.25, 0.3) is 0 Å². The Morgan fingerprint density at radius 2 is 2.00 bits per heavy atom. The number of halogens is 1. The number of guanidine groups is 1. The van der Waals surface area contributed by atoms with Crippen molar-refractivity contribution in [2.45, 2.75) is 13.1 Å². The van der Waals surface area contributed by atoms with Crippen molar-refractivity contribution in [3.63, 3.8) is 0 Å². The number of aliphatic imine (C=N–C) groups is 1. The third-order valence-electron chi connectivity index (χ3n) is 3.08. The monoisotopic (exact) mass is 416 g/mol. The van der Waals surface area contributed by atoms with Crippen molar-refractivity contribution in [3.8, 4) is 5.75 Å². The summed E-state index contributed by atoms with van der Waals surface area (Å²) in [5.41, 5.74) is 1.07. The summed E-state index contributed by atoms with van der Waals surface area (Å²) in [6.45, 7) is 1.19. The van der Waals surface area contributed by atoms with E-state index in [1.54, 1.807) is 20.5 Å². The van der Waals surface area contributed by atoms with Crippen molar-refractivity contribution < 1.29 is 4.74 Å². The lowest BCUT2D eigenvalue weighted by atomic mass is 10.2. The molecule has 0 fully saturated rings. The molecule has 1 heterocycles. The molecular weight excluding hydrogens is 395 g/mol. The van der Waals surface area contributed by atoms with Gasteiger partial charge >= 0.3 is 0 Å². The van der Waals surface area contributed by atoms with Gasteiger partial charge in [0.2, 0.25) is 0 Å². The Hall–Kier alpha value is -1.84. The highest BCUT2D eigenvalue weighted by Gasteiger charge is 2.05. The number of aryl methyl sites for hydroxylation is 1. The summed E-state index contributed by atoms with van der Waals surface area (Å²) < 4.78 is 7.19. The van der Waals surface area contributed by atoms with Crippen LogP contribution in [0.5, 0.6) is 5.75 Å². The number of nitrogens with zero attached hydrogens (tertiary/aromatic N) is 4. The lowest BCUT2D eigenvalue weighted by Crippen LogP contribution is -2.37. The van der Waals surface area contributed by atoms with Crippen LogP contribution in [0.15, 0.2) is 35.6 Å². The molecule has 0 radical (unpaired) electrons. The van der Waals surface area contributed by atoms with Gasteiger partial charge in [-0.3, -0.25) is 4.99 Å². The first-order valence-electron chi connectivity index (χ1n) is 6.64. The molecule has 0 saturated heterocycles. The Morgan fingerprint density at radius 1 is 1.27 bits per heavy atom. The van der Waals surface area contributed by atoms with Gasteiger partial charge in [0.1, 0.15) is 12.1 Å². The summed E-state index contributed by atoms with van der Waals surface area (Å²) in [6.07, 6.45) is 1.67. The summed E-state index contributed by atoms with van der Waals surface area (Å²) in [5, 5.41) is 14.3. The minimum Gasteiger partial charge on any atom is -0.496 e. The van der Waals surface area contributed by atoms with Gasteiger partial charge in [0, 0.05) is 26.2 Å². The van der Waals surface area contributed by atoms with Crippen LogP contribution in [0.1, 0.15) is 11.4 Å². The highest BCUT2D eigenvalue weighted by molar-refractivity contribution is 14.0. The Morgan fingerprint density at radius 3 is 2.64 bits per heavy atom. The number of ether oxygens (including phenoxy) is 1. The van der Waals surface area contributed by atoms with E-state index >= 15 is 0 Å². The van der Waals surface area contributed by atoms with Crippen molar-refractivity contribution in [2.75, 3.05) is 14.2 Å². The summed E-state index contributed by atoms with van der Waals surface area (Å²) >= 11 is 0. The second-order valence-corrected chi connectivity index (χ2v) is 4.45. The predicted octanol–water partition coefficient (Wildman–Crippen LogP) is 1.31. The van der Waals surface area contributed by atoms with Gasteiger partial charge in [-0.05, 0) is 6.07 Å². The van der Waals surface area contributed by atoms with Crippen LogP contribution < -0.4 is 15.4 Å². The van der Waals surface area contributed by atoms with Gasteiger partial charge in [0.15, 0.2) is 11.8 Å². The first-order chi connectivity index (χ1) is 10.2. The normalized spacial score (nSPS) is 10.8. The van der Waals surface area contributed by atoms with Gasteiger partial charge < -0.3 is 19.9 Å². The lowest BCUT2D eigenvalue weighted by Gasteiger charge is -2.13. The van der Waals surface area contributed by atoms with E-state index in [-0.39, 0.29) is 24.0 Å². The van der Waals surface area contributed by atoms with Gasteiger partial charge in [-0.25, -0.2) is 0 Å². The van der Waals surface area contributed by atoms with E-state index < -0.39 is 0 Å². The zero-order chi connectivity index (χ0) is 15.1. The van der Waals surface area contributed by atoms with E-state index in [1.807, 2.05) is 35.9 Å². The van der Waals surface area contributed by atoms with Crippen molar-refractivity contribution in [3.05, 3.63) is 42.0 Å². The molecule has 1 aromatic carbocycles. The quantitative estimate of drug-likeness (QED) is 0.437. The average Bonchev–Trinajstić information content (AvgIpc) is 2.93. The second-order valence-electron chi connectivity index (χ2n) is 4.45. The fourth-order valence-electron chi connectivity index (χ4n) is 1.88. The summed E-state index contributed by atoms with van der Waals surface area (Å²) in [7, 11) is 5.30. The standard InChI is InChI=1S/C14H20N6O.HI/c1-15-14(17-9-13-19-18-10-20(13)2)16-8-11-6-4-5-7-12(11)21-3;/h4-7,10H,8-9H2,1-3H3,(H2,15,16,17);1H. The van der Waals surface area contributed by atoms with Crippen LogP contribution in [0, 0.1) is 0 Å². The van der Waals surface area contributed by atoms with Gasteiger partial charge in [0.25, 0.3) is 0 Å². The zero-order valence-electron chi connectivity index (χ0n) is 12.9. The fourth-order valence-corrected chi connectivity index (χ4v) is 1.88. The molecule has 0 amide bonds. The number of methoxy groups -OCH3 is 1. The van der Waals surface area contributed by atoms with E-state index in [2.05, 4.69) is 25.8 Å². The molecule has 0 aliphatic heterocycles. The third kappa shape index (κ3) is 4.86. The van der Waals surface area contributed by atoms with Crippen molar-refractivity contribution in [1.82, 2.24) is 25.4 Å². The van der Waals surface area contributed by atoms with Crippen LogP contribution in [0.4, 0.5) is 0 Å². The van der Waals surface area contributed by atoms with E-state index in [0.29, 0.717) is 19.0 Å². The first-order valence-corrected chi connectivity index (χ1v) is 6.64. The molecule has 0 atom stereocenters. The molecule has 0 bridgehead atoms. The SMILES string of the molecule is CN=C(NCc1ccccc1OC)NCc1nncn1C.I. The number of hydrogen-bond donors (Lipinski definition) is 2. The van der Waals surface area contributed by atoms with Crippen molar-refractivity contribution >= 4 is 29.9 Å². The first kappa shape index (κ1) is 18.2. The predicted molar refractivity (Wildman–Crippen MR) is 96.5 cm³/mol. The highest BCUT2D eigenvalue weighted by atomic mass is 127. The van der Waals surface area contributed by atoms with Crippen LogP contribution in [-0.2, 0) is 20.1 Å². The number of benzene rings is 1. The van der Waals surface area contributed by atoms with Crippen LogP contribution in [0.2, 0.25) is 0 Å². The minimum atomic E-state index is 0. The van der Waals surface area contributed by atoms with Gasteiger partial charge in [0.05, 0.1) is 13.7 Å². The van der Waals surface area contributed by atoms with Crippen LogP contribution in [0.3, 0.4) is 0 Å². The summed E-state index contributed by atoms with van der Waals surface area (Å²) in [6, 6.07) is 7.88. The van der Waals surface area contributed by atoms with Crippen LogP contribution >= 0.6 is 24.0 Å². The molecule has 8 heteroatoms. The van der Waals surface area contributed by atoms with Crippen molar-refractivity contribution in [1.29, 1.82) is 0 Å². The second kappa shape index (κ2) is 9.23. The number of aromatic nitrogens is 3. The fraction of sp³-hybridized carbons (Fsp3) is 0.357. The lowest BCUT2D eigenvalue weighted by molar-refractivity contribution is 0.409. The number of hydrogen-bond acceptors (Lipinski definition) is 4. The zero-order valence-corrected chi connectivity index (χ0v) is 15.2. The molecule has 1 aromatic heterocycles. The van der Waals surface area contributed by atoms with Crippen LogP contribution in [-0.4, -0.2) is 34.9 Å². The molecule has 0 aliphatic rings. The van der Waals surface area contributed by atoms with Gasteiger partial charge in [-0.1, -0.05) is 18.2 Å². The molecule has 22 heavy (non-hydrogen) atoms. The number of rotatable bonds is 5. The summed E-state index contributed by atoms with van der Waals surface area (Å²) in [5.74, 6) is 2.40. The Labute approximate surface area is 147 Å². The molecule has 0 unspecified atom stereocenters. The maximum Gasteiger partial charge on any atom is 0.191 e. The number of nitrogens with one attached hydrogen (secondary N) is 2. The third-order valence-corrected chi connectivity index (χ3v) is 3.08. The molecule has 2 N–H and O–H groups in total. The smallest absolute Gasteiger partial charge is 0.191 e. The molecule has 0 spiro atoms. The van der Waals surface area contributed by atoms with Gasteiger partial charge in [-0.2, -0.15) is 0 Å². The van der Waals surface area contributed by atoms with Gasteiger partial charge in [-0.15, -0.1) is 34.2 Å². The average molecular weight is 416 g/mol. The minimum absolute atomic E-state index is 0. The Bertz CT molecular complexity index is 613. The molecule has 2 aromatic rings. The maximum atomic E-state index is 5.32. The molecular formula is C14H21IN6O. The largest absolute Gasteiger partial charge is 0.496 e.